The molecule has 0 N–H and O–H groups in total. The maximum Gasteiger partial charge on any atom is 0.284 e. The van der Waals surface area contributed by atoms with E-state index in [2.05, 4.69) is 19.1 Å². The number of hydrogen-bond acceptors (Lipinski definition) is 3. The van der Waals surface area contributed by atoms with Gasteiger partial charge < -0.3 is 5.21 Å². The Morgan fingerprint density at radius 2 is 1.46 bits per heavy atom. The van der Waals surface area contributed by atoms with Gasteiger partial charge in [-0.3, -0.25) is 4.74 Å². The number of amidine groups is 1. The normalized spacial score (nSPS) is 14.9. The molecule has 0 bridgehead atoms. The molecule has 0 radical (unpaired) electrons. The van der Waals surface area contributed by atoms with Gasteiger partial charge in [-0.2, -0.15) is 4.84 Å². The Morgan fingerprint density at radius 1 is 0.885 bits per heavy atom. The maximum atomic E-state index is 11.8. The zero-order valence-electron chi connectivity index (χ0n) is 17.4. The molecule has 1 aliphatic heterocycles. The summed E-state index contributed by atoms with van der Waals surface area (Å²) in [5, 5.41) is 13.5. The first kappa shape index (κ1) is 23.0. The molecule has 0 unspecified atom stereocenters. The molecule has 152 valence electrons. The Labute approximate surface area is 161 Å². The first-order chi connectivity index (χ1) is 12.8. The summed E-state index contributed by atoms with van der Waals surface area (Å²) in [5.74, 6) is 0.748. The number of nitrogens with zero attached hydrogens (tertiary/aromatic N) is 2. The van der Waals surface area contributed by atoms with Crippen molar-refractivity contribution in [3.63, 3.8) is 0 Å². The summed E-state index contributed by atoms with van der Waals surface area (Å²) in [5.41, 5.74) is 0. The van der Waals surface area contributed by atoms with Crippen LogP contribution in [0.25, 0.3) is 0 Å². The van der Waals surface area contributed by atoms with E-state index in [-0.39, 0.29) is 0 Å². The van der Waals surface area contributed by atoms with Crippen molar-refractivity contribution in [2.75, 3.05) is 19.7 Å². The smallest absolute Gasteiger partial charge is 0.284 e. The molecule has 0 aromatic carbocycles. The number of rotatable bonds is 17. The second-order valence-electron chi connectivity index (χ2n) is 7.39. The first-order valence-electron chi connectivity index (χ1n) is 11.2. The standard InChI is InChI=1S/C22H42N2O2/c1-3-5-6-7-8-9-10-11-12-13-14-15-16-17-18-19-22-23(25)20-21-24(22)26-4-2/h17-18H,3-16,19-21H2,1-2H3. The summed E-state index contributed by atoms with van der Waals surface area (Å²) in [6.45, 7) is 6.04. The largest absolute Gasteiger partial charge is 0.715 e. The average Bonchev–Trinajstić information content (AvgIpc) is 2.98. The van der Waals surface area contributed by atoms with E-state index in [1.54, 1.807) is 5.06 Å². The molecule has 0 spiro atoms. The summed E-state index contributed by atoms with van der Waals surface area (Å²) in [4.78, 5) is 5.48. The van der Waals surface area contributed by atoms with E-state index in [1.807, 2.05) is 6.92 Å². The Balaban J connectivity index is 1.90. The van der Waals surface area contributed by atoms with Crippen molar-refractivity contribution in [3.05, 3.63) is 17.4 Å². The Kier molecular flexibility index (Phi) is 14.3. The molecule has 1 rings (SSSR count). The summed E-state index contributed by atoms with van der Waals surface area (Å²) in [6, 6.07) is 0. The third-order valence-electron chi connectivity index (χ3n) is 5.06. The van der Waals surface area contributed by atoms with Crippen LogP contribution in [0.2, 0.25) is 0 Å². The van der Waals surface area contributed by atoms with E-state index in [9.17, 15) is 5.21 Å². The second kappa shape index (κ2) is 16.2. The molecule has 0 aromatic rings. The molecule has 26 heavy (non-hydrogen) atoms. The van der Waals surface area contributed by atoms with Gasteiger partial charge >= 0.3 is 0 Å². The summed E-state index contributed by atoms with van der Waals surface area (Å²) < 4.78 is 1.06. The lowest BCUT2D eigenvalue weighted by Crippen LogP contribution is -2.28. The molecular formula is C22H42N2O2. The van der Waals surface area contributed by atoms with Crippen LogP contribution in [0.5, 0.6) is 0 Å². The number of allylic oxidation sites excluding steroid dienone is 1. The highest BCUT2D eigenvalue weighted by molar-refractivity contribution is 5.78. The van der Waals surface area contributed by atoms with Gasteiger partial charge in [0.2, 0.25) is 0 Å². The number of unbranched alkanes of at least 4 members (excludes halogenated alkanes) is 12. The van der Waals surface area contributed by atoms with Crippen molar-refractivity contribution < 1.29 is 9.58 Å². The minimum atomic E-state index is 0.516. The van der Waals surface area contributed by atoms with Gasteiger partial charge in [0, 0.05) is 0 Å². The van der Waals surface area contributed by atoms with Crippen molar-refractivity contribution in [1.82, 2.24) is 5.06 Å². The zero-order chi connectivity index (χ0) is 18.9. The zero-order valence-corrected chi connectivity index (χ0v) is 17.4. The van der Waals surface area contributed by atoms with Crippen LogP contribution < -0.4 is 0 Å². The van der Waals surface area contributed by atoms with E-state index in [0.29, 0.717) is 26.1 Å². The highest BCUT2D eigenvalue weighted by Gasteiger charge is 2.27. The quantitative estimate of drug-likeness (QED) is 0.133. The summed E-state index contributed by atoms with van der Waals surface area (Å²) in [6.07, 6.45) is 22.8. The number of hydroxylamine groups is 3. The Morgan fingerprint density at radius 3 is 2.04 bits per heavy atom. The van der Waals surface area contributed by atoms with Crippen molar-refractivity contribution in [2.24, 2.45) is 0 Å². The molecule has 0 atom stereocenters. The minimum Gasteiger partial charge on any atom is -0.715 e. The SMILES string of the molecule is CCCCCCCCCCCCCCC=CCC1=[N+]([O-])CCN1OCC. The number of hydrogen-bond donors (Lipinski definition) is 0. The van der Waals surface area contributed by atoms with Crippen molar-refractivity contribution in [3.8, 4) is 0 Å². The van der Waals surface area contributed by atoms with E-state index in [4.69, 9.17) is 4.84 Å². The summed E-state index contributed by atoms with van der Waals surface area (Å²) in [7, 11) is 0. The fourth-order valence-electron chi connectivity index (χ4n) is 3.47. The van der Waals surface area contributed by atoms with Gasteiger partial charge in [0.15, 0.2) is 6.54 Å². The van der Waals surface area contributed by atoms with Gasteiger partial charge in [-0.15, -0.1) is 5.06 Å². The van der Waals surface area contributed by atoms with Crippen LogP contribution in [0.3, 0.4) is 0 Å². The first-order valence-corrected chi connectivity index (χ1v) is 11.2. The van der Waals surface area contributed by atoms with Crippen LogP contribution in [0.1, 0.15) is 104 Å². The minimum absolute atomic E-state index is 0.516. The third-order valence-corrected chi connectivity index (χ3v) is 5.06. The fraction of sp³-hybridized carbons (Fsp3) is 0.864. The van der Waals surface area contributed by atoms with Crippen molar-refractivity contribution >= 4 is 5.84 Å². The van der Waals surface area contributed by atoms with Gasteiger partial charge in [-0.1, -0.05) is 89.7 Å². The van der Waals surface area contributed by atoms with Crippen LogP contribution in [0.15, 0.2) is 12.2 Å². The molecule has 0 saturated heterocycles. The molecule has 4 nitrogen and oxygen atoms in total. The lowest BCUT2D eigenvalue weighted by atomic mass is 10.0. The molecular weight excluding hydrogens is 324 g/mol. The van der Waals surface area contributed by atoms with E-state index in [1.165, 1.54) is 77.0 Å². The second-order valence-corrected chi connectivity index (χ2v) is 7.39. The molecule has 4 heteroatoms. The van der Waals surface area contributed by atoms with Gasteiger partial charge in [0.25, 0.3) is 5.84 Å². The Hall–Kier alpha value is -1.03. The van der Waals surface area contributed by atoms with Gasteiger partial charge in [-0.05, 0) is 19.8 Å². The van der Waals surface area contributed by atoms with Crippen LogP contribution in [-0.4, -0.2) is 35.3 Å². The van der Waals surface area contributed by atoms with Crippen LogP contribution in [0, 0.1) is 5.21 Å². The van der Waals surface area contributed by atoms with Crippen LogP contribution >= 0.6 is 0 Å². The topological polar surface area (TPSA) is 38.5 Å². The molecule has 0 aliphatic carbocycles. The van der Waals surface area contributed by atoms with Crippen molar-refractivity contribution in [1.29, 1.82) is 0 Å². The predicted molar refractivity (Wildman–Crippen MR) is 111 cm³/mol. The highest BCUT2D eigenvalue weighted by atomic mass is 16.7. The Bertz CT molecular complexity index is 394. The van der Waals surface area contributed by atoms with Crippen molar-refractivity contribution in [2.45, 2.75) is 104 Å². The lowest BCUT2D eigenvalue weighted by Gasteiger charge is -2.10. The van der Waals surface area contributed by atoms with E-state index in [0.717, 1.165) is 17.0 Å². The van der Waals surface area contributed by atoms with E-state index < -0.39 is 0 Å². The monoisotopic (exact) mass is 366 g/mol. The lowest BCUT2D eigenvalue weighted by molar-refractivity contribution is -0.447. The molecule has 1 aliphatic rings. The fourth-order valence-corrected chi connectivity index (χ4v) is 3.47. The highest BCUT2D eigenvalue weighted by Crippen LogP contribution is 2.13. The summed E-state index contributed by atoms with van der Waals surface area (Å²) >= 11 is 0. The predicted octanol–water partition coefficient (Wildman–Crippen LogP) is 6.20. The molecule has 0 fully saturated rings. The average molecular weight is 367 g/mol. The van der Waals surface area contributed by atoms with Crippen LogP contribution in [0.4, 0.5) is 0 Å². The molecule has 0 amide bonds. The van der Waals surface area contributed by atoms with Crippen LogP contribution in [-0.2, 0) is 4.84 Å². The molecule has 1 heterocycles. The van der Waals surface area contributed by atoms with E-state index >= 15 is 0 Å². The molecule has 0 saturated carbocycles. The third kappa shape index (κ3) is 10.8. The van der Waals surface area contributed by atoms with Gasteiger partial charge in [0.05, 0.1) is 13.0 Å². The van der Waals surface area contributed by atoms with Gasteiger partial charge in [0.1, 0.15) is 6.54 Å². The maximum absolute atomic E-state index is 11.8. The van der Waals surface area contributed by atoms with Gasteiger partial charge in [-0.25, -0.2) is 0 Å². The molecule has 0 aromatic heterocycles.